The summed E-state index contributed by atoms with van der Waals surface area (Å²) in [5, 5.41) is 97.2. The number of benzene rings is 3. The summed E-state index contributed by atoms with van der Waals surface area (Å²) in [6.07, 6.45) is 13.9. The molecular formula is C100H153N27O21S2. The Morgan fingerprint density at radius 2 is 1.09 bits per heavy atom. The summed E-state index contributed by atoms with van der Waals surface area (Å²) in [6.45, 7) is 4.52. The molecule has 5 heterocycles. The van der Waals surface area contributed by atoms with Crippen molar-refractivity contribution in [3.05, 3.63) is 108 Å². The van der Waals surface area contributed by atoms with Crippen LogP contribution in [0.15, 0.2) is 85.3 Å². The van der Waals surface area contributed by atoms with Gasteiger partial charge in [0, 0.05) is 101 Å². The fraction of sp³-hybridized carbons (Fsp3) is 0.600. The van der Waals surface area contributed by atoms with Gasteiger partial charge in [-0.25, -0.2) is 9.78 Å². The minimum Gasteiger partial charge on any atom is -0.508 e. The van der Waals surface area contributed by atoms with Crippen molar-refractivity contribution in [1.29, 1.82) is 10.8 Å². The molecule has 4 fully saturated rings. The Bertz CT molecular complexity index is 5130. The molecule has 4 aliphatic rings. The molecule has 4 aromatic rings. The molecule has 0 radical (unpaired) electrons. The lowest BCUT2D eigenvalue weighted by atomic mass is 10.0. The van der Waals surface area contributed by atoms with Crippen molar-refractivity contribution in [2.24, 2.45) is 28.7 Å². The fourth-order valence-corrected chi connectivity index (χ4v) is 20.3. The van der Waals surface area contributed by atoms with Gasteiger partial charge in [-0.1, -0.05) is 129 Å². The molecule has 48 nitrogen and oxygen atoms in total. The highest BCUT2D eigenvalue weighted by Crippen LogP contribution is 2.29. The van der Waals surface area contributed by atoms with Gasteiger partial charge in [0.25, 0.3) is 0 Å². The maximum atomic E-state index is 16.0. The number of nitrogens with zero attached hydrogens (tertiary/aromatic N) is 4. The van der Waals surface area contributed by atoms with Gasteiger partial charge in [-0.05, 0) is 176 Å². The molecule has 3 aromatic carbocycles. The highest BCUT2D eigenvalue weighted by molar-refractivity contribution is 8.76. The number of guanidine groups is 2. The number of carboxylic acids is 1. The Labute approximate surface area is 880 Å². The van der Waals surface area contributed by atoms with Crippen molar-refractivity contribution in [1.82, 2.24) is 104 Å². The number of hydrogen-bond acceptors (Lipinski definition) is 28. The first kappa shape index (κ1) is 122. The predicted octanol–water partition coefficient (Wildman–Crippen LogP) is -1.35. The summed E-state index contributed by atoms with van der Waals surface area (Å²) in [5.41, 5.74) is 31.6. The Balaban J connectivity index is 1.18. The second kappa shape index (κ2) is 64.0. The predicted molar refractivity (Wildman–Crippen MR) is 561 cm³/mol. The van der Waals surface area contributed by atoms with E-state index in [4.69, 9.17) is 39.5 Å². The van der Waals surface area contributed by atoms with Crippen molar-refractivity contribution in [3.63, 3.8) is 0 Å². The molecule has 50 heteroatoms. The van der Waals surface area contributed by atoms with Gasteiger partial charge in [0.2, 0.25) is 94.5 Å². The largest absolute Gasteiger partial charge is 0.508 e. The van der Waals surface area contributed by atoms with Gasteiger partial charge in [-0.2, -0.15) is 0 Å². The van der Waals surface area contributed by atoms with Crippen LogP contribution < -0.4 is 108 Å². The molecule has 16 atom stereocenters. The number of likely N-dealkylation sites (tertiary alicyclic amines) is 2. The van der Waals surface area contributed by atoms with Crippen LogP contribution in [0.5, 0.6) is 17.2 Å². The maximum absolute atomic E-state index is 16.0. The van der Waals surface area contributed by atoms with E-state index in [-0.39, 0.29) is 140 Å². The monoisotopic (exact) mass is 2130 g/mol. The van der Waals surface area contributed by atoms with Crippen LogP contribution in [-0.4, -0.2) is 318 Å². The van der Waals surface area contributed by atoms with Crippen LogP contribution in [0.3, 0.4) is 0 Å². The summed E-state index contributed by atoms with van der Waals surface area (Å²) >= 11 is 0. The second-order valence-electron chi connectivity index (χ2n) is 38.4. The molecule has 4 aliphatic heterocycles. The SMILES string of the molecule is CCCCCCCCCCCCCC(=O)N[C@H](CNC(=O)[C@H](Cc1ccc(O)cc1)NC(=O)[C@@H]1CSSC[C@H](NC(=O)[C@H](C)NC(=O)[C@H](Cc2cnc[nH]2)NC(=O)[C@@H](N)Cc2ccc(O)cc2)C(=O)N[C@@H](CCCNC(=N)N)C(=O)N[C@@H](C)C(=O)N2CCC[C@H]2C(=O)NCC[C@H](N)C(=O)N[C@@H](CCCNC(=N)N)C(=O)N[C@@H](Cc2ccc(O)cc2)C(=O)N1)CC(=O)N[C@@H](CCCCN)C(=O)N1CCC[C@H]1C(=O)N1CCC[C@H]1C(=O)O. The standard InChI is InChI=1S/C100H153N27O21S2/c1-4-5-6-7-8-9-10-11-12-13-14-28-82(131)116-65(53-83(132)117-73(22-15-16-42-101)96(145)126-47-20-26-80(126)97(146)127-48-21-27-81(127)98(147)148)55-112-87(136)74(50-62-31-37-67(129)38-32-62)121-93(142)78-57-150-149-56-77(123-84(133)59(2)114-90(139)76(52-64-54-108-58-113-64)120-86(135)70(103)49-61-29-35-66(128)36-30-61)92(141)119-71(23-17-43-110-99(104)105)88(137)115-60(3)95(144)125-46-19-25-79(125)94(143)109-45-41-69(102)85(134)118-72(24-18-44-111-100(106)107)89(138)122-75(91(140)124-78)51-63-33-39-68(130)40-34-63/h29-40,54,58-60,65,69-81,128-130H,4-28,41-53,55-57,101-103H2,1-3H3,(H,108,113)(H,109,143)(H,112,136)(H,114,139)(H,115,137)(H,116,131)(H,117,132)(H,118,134)(H,119,141)(H,120,135)(H,121,142)(H,122,138)(H,123,133)(H,124,140)(H,147,148)(H4,104,105,110)(H4,106,107,111)/t59-,60-,65-,69-,70-,71-,72-,73-,74-,75-,76-,77-,78-,79-,80-,81-/m0/s1. The molecule has 826 valence electrons. The van der Waals surface area contributed by atoms with Gasteiger partial charge in [0.15, 0.2) is 11.9 Å². The van der Waals surface area contributed by atoms with Gasteiger partial charge >= 0.3 is 5.97 Å². The second-order valence-corrected chi connectivity index (χ2v) is 41.0. The van der Waals surface area contributed by atoms with Gasteiger partial charge < -0.3 is 149 Å². The molecule has 0 saturated carbocycles. The Morgan fingerprint density at radius 3 is 1.69 bits per heavy atom. The molecule has 32 N–H and O–H groups in total. The van der Waals surface area contributed by atoms with Crippen molar-refractivity contribution < 1.29 is 102 Å². The van der Waals surface area contributed by atoms with E-state index >= 15 is 24.0 Å². The van der Waals surface area contributed by atoms with Crippen LogP contribution in [0, 0.1) is 10.8 Å². The van der Waals surface area contributed by atoms with E-state index in [0.29, 0.717) is 67.3 Å². The third kappa shape index (κ3) is 41.7. The van der Waals surface area contributed by atoms with Crippen molar-refractivity contribution in [3.8, 4) is 17.2 Å². The first-order chi connectivity index (χ1) is 71.8. The first-order valence-corrected chi connectivity index (χ1v) is 54.2. The molecule has 8 rings (SSSR count). The van der Waals surface area contributed by atoms with E-state index in [1.807, 2.05) is 0 Å². The molecular weight excluding hydrogens is 1980 g/mol. The highest BCUT2D eigenvalue weighted by Gasteiger charge is 2.46. The molecule has 0 aliphatic carbocycles. The lowest BCUT2D eigenvalue weighted by molar-refractivity contribution is -0.152. The molecule has 0 unspecified atom stereocenters. The average molecular weight is 2130 g/mol. The van der Waals surface area contributed by atoms with Gasteiger partial charge in [0.1, 0.15) is 95.8 Å². The summed E-state index contributed by atoms with van der Waals surface area (Å²) in [5.74, 6) is -17.2. The van der Waals surface area contributed by atoms with E-state index < -0.39 is 246 Å². The minimum atomic E-state index is -1.86. The van der Waals surface area contributed by atoms with Crippen LogP contribution in [0.2, 0.25) is 0 Å². The number of rotatable bonds is 50. The van der Waals surface area contributed by atoms with Crippen LogP contribution in [0.25, 0.3) is 0 Å². The number of aromatic hydroxyl groups is 3. The van der Waals surface area contributed by atoms with E-state index in [1.165, 1.54) is 115 Å². The Hall–Kier alpha value is -13.6. The third-order valence-electron chi connectivity index (χ3n) is 26.4. The lowest BCUT2D eigenvalue weighted by Gasteiger charge is -2.32. The normalized spacial score (nSPS) is 21.1. The van der Waals surface area contributed by atoms with E-state index in [2.05, 4.69) is 96.6 Å². The Kier molecular flexibility index (Phi) is 51.9. The number of carboxylic acid groups (broad SMARTS) is 1. The summed E-state index contributed by atoms with van der Waals surface area (Å²) < 4.78 is 0. The number of nitrogens with one attached hydrogen (secondary N) is 18. The number of fused-ring (bicyclic) bond motifs is 1. The first-order valence-electron chi connectivity index (χ1n) is 51.7. The zero-order valence-corrected chi connectivity index (χ0v) is 87.2. The highest BCUT2D eigenvalue weighted by atomic mass is 33.1. The number of aromatic nitrogens is 2. The number of phenolic OH excluding ortho intramolecular Hbond substituents is 3. The minimum absolute atomic E-state index is 0.00342. The average Bonchev–Trinajstić information content (AvgIpc) is 1.65. The van der Waals surface area contributed by atoms with Crippen LogP contribution in [0.4, 0.5) is 0 Å². The number of nitrogens with two attached hydrogens (primary N) is 5. The number of carbonyl (C=O) groups excluding carboxylic acids is 16. The van der Waals surface area contributed by atoms with Crippen molar-refractivity contribution in [2.45, 2.75) is 316 Å². The number of imidazole rings is 1. The number of unbranched alkanes of at least 4 members (excludes halogenated alkanes) is 11. The number of hydrogen-bond donors (Lipinski definition) is 27. The quantitative estimate of drug-likeness (QED) is 0.0105. The summed E-state index contributed by atoms with van der Waals surface area (Å²) in [6, 6.07) is -6.13. The fourth-order valence-electron chi connectivity index (χ4n) is 18.0. The number of amides is 16. The van der Waals surface area contributed by atoms with E-state index in [0.717, 1.165) is 66.5 Å². The van der Waals surface area contributed by atoms with E-state index in [9.17, 15) is 78.0 Å². The van der Waals surface area contributed by atoms with Crippen LogP contribution in [0.1, 0.15) is 217 Å². The molecule has 0 bridgehead atoms. The van der Waals surface area contributed by atoms with Crippen molar-refractivity contribution in [2.75, 3.05) is 63.9 Å². The van der Waals surface area contributed by atoms with Crippen LogP contribution >= 0.6 is 21.6 Å². The van der Waals surface area contributed by atoms with Crippen LogP contribution in [-0.2, 0) is 107 Å². The molecule has 0 spiro atoms. The Morgan fingerprint density at radius 1 is 0.540 bits per heavy atom. The lowest BCUT2D eigenvalue weighted by Crippen LogP contribution is -2.60. The van der Waals surface area contributed by atoms with Gasteiger partial charge in [0.05, 0.1) is 24.5 Å². The molecule has 16 amide bonds. The topological polar surface area (TPSA) is 768 Å². The number of aromatic amines is 1. The number of carbonyl (C=O) groups is 17. The molecule has 4 saturated heterocycles. The summed E-state index contributed by atoms with van der Waals surface area (Å²) in [7, 11) is 1.57. The number of phenols is 3. The smallest absolute Gasteiger partial charge is 0.326 e. The van der Waals surface area contributed by atoms with Crippen molar-refractivity contribution >= 4 is 134 Å². The molecule has 150 heavy (non-hydrogen) atoms. The zero-order valence-electron chi connectivity index (χ0n) is 85.5. The number of H-pyrrole nitrogens is 1. The molecule has 1 aromatic heterocycles. The maximum Gasteiger partial charge on any atom is 0.326 e. The number of aliphatic carboxylic acids is 1. The van der Waals surface area contributed by atoms with Gasteiger partial charge in [-0.3, -0.25) is 87.5 Å². The van der Waals surface area contributed by atoms with E-state index in [1.54, 1.807) is 12.1 Å². The summed E-state index contributed by atoms with van der Waals surface area (Å²) in [4.78, 5) is 260. The third-order valence-corrected chi connectivity index (χ3v) is 28.8. The van der Waals surface area contributed by atoms with Gasteiger partial charge in [-0.15, -0.1) is 0 Å². The zero-order chi connectivity index (χ0) is 109.